The fraction of sp³-hybridized carbons (Fsp3) is 0.412. The Morgan fingerprint density at radius 2 is 1.96 bits per heavy atom. The second-order valence-electron chi connectivity index (χ2n) is 5.30. The number of hydrogen-bond donors (Lipinski definition) is 0. The van der Waals surface area contributed by atoms with Crippen molar-refractivity contribution in [1.29, 1.82) is 0 Å². The van der Waals surface area contributed by atoms with Crippen molar-refractivity contribution in [3.8, 4) is 0 Å². The van der Waals surface area contributed by atoms with Gasteiger partial charge in [-0.2, -0.15) is 0 Å². The third-order valence-electron chi connectivity index (χ3n) is 3.95. The van der Waals surface area contributed by atoms with E-state index >= 15 is 0 Å². The molecular formula is C17H17F3O3. The molecule has 0 amide bonds. The minimum absolute atomic E-state index is 0.0695. The average Bonchev–Trinajstić information content (AvgIpc) is 2.51. The van der Waals surface area contributed by atoms with E-state index in [1.807, 2.05) is 0 Å². The fourth-order valence-electron chi connectivity index (χ4n) is 2.80. The van der Waals surface area contributed by atoms with E-state index in [9.17, 15) is 22.8 Å². The van der Waals surface area contributed by atoms with Crippen LogP contribution in [0.3, 0.4) is 0 Å². The van der Waals surface area contributed by atoms with Crippen LogP contribution in [0, 0.1) is 17.5 Å². The molecule has 0 aliphatic heterocycles. The summed E-state index contributed by atoms with van der Waals surface area (Å²) in [6, 6.07) is 0.664. The van der Waals surface area contributed by atoms with Crippen LogP contribution >= 0.6 is 0 Å². The second-order valence-corrected chi connectivity index (χ2v) is 5.30. The number of fused-ring (bicyclic) bond motifs is 1. The van der Waals surface area contributed by atoms with Gasteiger partial charge in [0, 0.05) is 11.1 Å². The molecule has 1 aromatic rings. The number of allylic oxidation sites excluding steroid dienone is 1. The fourth-order valence-corrected chi connectivity index (χ4v) is 2.80. The van der Waals surface area contributed by atoms with Gasteiger partial charge in [-0.05, 0) is 38.2 Å². The Balaban J connectivity index is 2.64. The summed E-state index contributed by atoms with van der Waals surface area (Å²) in [4.78, 5) is 24.5. The largest absolute Gasteiger partial charge is 0.462 e. The third-order valence-corrected chi connectivity index (χ3v) is 3.95. The number of carbonyl (C=O) groups is 2. The smallest absolute Gasteiger partial charge is 0.341 e. The van der Waals surface area contributed by atoms with E-state index < -0.39 is 35.1 Å². The first-order chi connectivity index (χ1) is 10.9. The van der Waals surface area contributed by atoms with E-state index in [0.29, 0.717) is 25.3 Å². The molecule has 0 heterocycles. The van der Waals surface area contributed by atoms with Crippen molar-refractivity contribution in [2.75, 3.05) is 6.61 Å². The number of hydrogen-bond acceptors (Lipinski definition) is 3. The number of benzene rings is 1. The molecule has 0 saturated heterocycles. The van der Waals surface area contributed by atoms with Crippen molar-refractivity contribution in [1.82, 2.24) is 0 Å². The predicted octanol–water partition coefficient (Wildman–Crippen LogP) is 4.06. The lowest BCUT2D eigenvalue weighted by molar-refractivity contribution is -0.138. The van der Waals surface area contributed by atoms with Gasteiger partial charge in [-0.25, -0.2) is 18.0 Å². The number of ether oxygens (including phenoxy) is 1. The van der Waals surface area contributed by atoms with E-state index in [1.54, 1.807) is 13.8 Å². The quantitative estimate of drug-likeness (QED) is 0.478. The first-order valence-electron chi connectivity index (χ1n) is 7.51. The number of esters is 1. The number of rotatable bonds is 3. The van der Waals surface area contributed by atoms with Gasteiger partial charge in [-0.3, -0.25) is 4.79 Å². The van der Waals surface area contributed by atoms with Crippen molar-refractivity contribution < 1.29 is 27.5 Å². The summed E-state index contributed by atoms with van der Waals surface area (Å²) in [5, 5.41) is 0. The first kappa shape index (κ1) is 17.2. The van der Waals surface area contributed by atoms with Gasteiger partial charge in [0.1, 0.15) is 5.57 Å². The maximum Gasteiger partial charge on any atom is 0.341 e. The molecule has 1 aliphatic rings. The molecule has 6 heteroatoms. The van der Waals surface area contributed by atoms with E-state index in [0.717, 1.165) is 0 Å². The molecule has 1 unspecified atom stereocenters. The van der Waals surface area contributed by atoms with Gasteiger partial charge < -0.3 is 4.74 Å². The Morgan fingerprint density at radius 1 is 1.26 bits per heavy atom. The van der Waals surface area contributed by atoms with Crippen LogP contribution in [-0.4, -0.2) is 18.4 Å². The summed E-state index contributed by atoms with van der Waals surface area (Å²) in [6.45, 7) is 3.43. The van der Waals surface area contributed by atoms with Gasteiger partial charge in [-0.15, -0.1) is 0 Å². The van der Waals surface area contributed by atoms with Crippen LogP contribution in [0.15, 0.2) is 17.7 Å². The SMILES string of the molecule is CCOC(=O)C1=CCCC(CC)c2c(cc(F)c(F)c2F)C1=O. The number of Topliss-reactive ketones (excluding diaryl/α,β-unsaturated/α-hetero) is 1. The molecule has 0 spiro atoms. The highest BCUT2D eigenvalue weighted by Gasteiger charge is 2.32. The molecule has 1 atom stereocenters. The van der Waals surface area contributed by atoms with Crippen LogP contribution in [0.5, 0.6) is 0 Å². The predicted molar refractivity (Wildman–Crippen MR) is 77.6 cm³/mol. The lowest BCUT2D eigenvalue weighted by Crippen LogP contribution is -2.22. The molecule has 0 bridgehead atoms. The van der Waals surface area contributed by atoms with Crippen molar-refractivity contribution in [3.63, 3.8) is 0 Å². The highest BCUT2D eigenvalue weighted by Crippen LogP contribution is 2.35. The number of carbonyl (C=O) groups excluding carboxylic acids is 2. The molecule has 1 aromatic carbocycles. The summed E-state index contributed by atoms with van der Waals surface area (Å²) < 4.78 is 46.2. The molecule has 3 nitrogen and oxygen atoms in total. The van der Waals surface area contributed by atoms with E-state index in [1.165, 1.54) is 6.08 Å². The van der Waals surface area contributed by atoms with Crippen molar-refractivity contribution in [2.45, 2.75) is 39.0 Å². The third kappa shape index (κ3) is 3.16. The molecule has 2 rings (SSSR count). The van der Waals surface area contributed by atoms with Crippen LogP contribution in [-0.2, 0) is 9.53 Å². The van der Waals surface area contributed by atoms with Gasteiger partial charge in [0.2, 0.25) is 5.78 Å². The molecule has 0 saturated carbocycles. The first-order valence-corrected chi connectivity index (χ1v) is 7.51. The van der Waals surface area contributed by atoms with Gasteiger partial charge >= 0.3 is 5.97 Å². The monoisotopic (exact) mass is 326 g/mol. The highest BCUT2D eigenvalue weighted by atomic mass is 19.2. The Morgan fingerprint density at radius 3 is 2.57 bits per heavy atom. The summed E-state index contributed by atoms with van der Waals surface area (Å²) in [5.41, 5.74) is -0.744. The Labute approximate surface area is 132 Å². The lowest BCUT2D eigenvalue weighted by Gasteiger charge is -2.22. The maximum atomic E-state index is 14.2. The average molecular weight is 326 g/mol. The van der Waals surface area contributed by atoms with E-state index in [2.05, 4.69) is 0 Å². The van der Waals surface area contributed by atoms with Crippen LogP contribution in [0.25, 0.3) is 0 Å². The number of ketones is 1. The van der Waals surface area contributed by atoms with Gasteiger partial charge in [0.15, 0.2) is 17.5 Å². The van der Waals surface area contributed by atoms with Crippen LogP contribution in [0.2, 0.25) is 0 Å². The van der Waals surface area contributed by atoms with Gasteiger partial charge in [-0.1, -0.05) is 13.0 Å². The standard InChI is InChI=1S/C17H17F3O3/c1-3-9-6-5-7-10(17(22)23-4-2)16(21)11-8-12(18)14(19)15(20)13(9)11/h7-9H,3-6H2,1-2H3. The molecule has 0 N–H and O–H groups in total. The van der Waals surface area contributed by atoms with Crippen LogP contribution in [0.4, 0.5) is 13.2 Å². The van der Waals surface area contributed by atoms with Gasteiger partial charge in [0.25, 0.3) is 0 Å². The zero-order valence-corrected chi connectivity index (χ0v) is 12.9. The summed E-state index contributed by atoms with van der Waals surface area (Å²) in [6.07, 6.45) is 2.65. The van der Waals surface area contributed by atoms with Crippen LogP contribution in [0.1, 0.15) is 54.9 Å². The van der Waals surface area contributed by atoms with Crippen LogP contribution < -0.4 is 0 Å². The molecule has 23 heavy (non-hydrogen) atoms. The molecular weight excluding hydrogens is 309 g/mol. The maximum absolute atomic E-state index is 14.2. The summed E-state index contributed by atoms with van der Waals surface area (Å²) >= 11 is 0. The zero-order chi connectivity index (χ0) is 17.1. The molecule has 124 valence electrons. The lowest BCUT2D eigenvalue weighted by atomic mass is 9.82. The number of halogens is 3. The topological polar surface area (TPSA) is 43.4 Å². The summed E-state index contributed by atoms with van der Waals surface area (Å²) in [5.74, 6) is -6.52. The van der Waals surface area contributed by atoms with Crippen molar-refractivity contribution in [2.24, 2.45) is 0 Å². The highest BCUT2D eigenvalue weighted by molar-refractivity contribution is 6.24. The van der Waals surface area contributed by atoms with Crippen molar-refractivity contribution >= 4 is 11.8 Å². The summed E-state index contributed by atoms with van der Waals surface area (Å²) in [7, 11) is 0. The molecule has 1 aliphatic carbocycles. The normalized spacial score (nSPS) is 17.9. The van der Waals surface area contributed by atoms with Crippen molar-refractivity contribution in [3.05, 3.63) is 46.3 Å². The molecule has 0 aromatic heterocycles. The Hall–Kier alpha value is -2.11. The zero-order valence-electron chi connectivity index (χ0n) is 12.9. The van der Waals surface area contributed by atoms with E-state index in [-0.39, 0.29) is 23.3 Å². The minimum Gasteiger partial charge on any atom is -0.462 e. The van der Waals surface area contributed by atoms with E-state index in [4.69, 9.17) is 4.74 Å². The minimum atomic E-state index is -1.60. The Bertz CT molecular complexity index is 680. The Kier molecular flexibility index (Phi) is 5.23. The molecule has 0 fully saturated rings. The molecule has 0 radical (unpaired) electrons. The van der Waals surface area contributed by atoms with Gasteiger partial charge in [0.05, 0.1) is 6.61 Å². The second kappa shape index (κ2) is 6.98.